The Labute approximate surface area is 124 Å². The van der Waals surface area contributed by atoms with Crippen molar-refractivity contribution in [3.8, 4) is 0 Å². The van der Waals surface area contributed by atoms with Gasteiger partial charge >= 0.3 is 5.97 Å². The van der Waals surface area contributed by atoms with Gasteiger partial charge in [0.2, 0.25) is 0 Å². The summed E-state index contributed by atoms with van der Waals surface area (Å²) < 4.78 is 10.8. The van der Waals surface area contributed by atoms with Crippen LogP contribution in [0.25, 0.3) is 0 Å². The number of hydrogen-bond donors (Lipinski definition) is 0. The van der Waals surface area contributed by atoms with Gasteiger partial charge < -0.3 is 9.47 Å². The molecule has 0 aliphatic heterocycles. The van der Waals surface area contributed by atoms with Crippen LogP contribution < -0.4 is 0 Å². The van der Waals surface area contributed by atoms with Crippen LogP contribution in [-0.4, -0.2) is 20.2 Å². The van der Waals surface area contributed by atoms with Crippen LogP contribution in [0.15, 0.2) is 60.7 Å². The van der Waals surface area contributed by atoms with Crippen molar-refractivity contribution in [2.75, 3.05) is 14.2 Å². The average Bonchev–Trinajstić information content (AvgIpc) is 3.26. The van der Waals surface area contributed by atoms with Crippen molar-refractivity contribution < 1.29 is 14.3 Å². The van der Waals surface area contributed by atoms with E-state index in [1.807, 2.05) is 60.7 Å². The minimum Gasteiger partial charge on any atom is -0.469 e. The molecule has 0 spiro atoms. The average molecular weight is 282 g/mol. The molecule has 3 nitrogen and oxygen atoms in total. The molecule has 3 unspecified atom stereocenters. The fourth-order valence-corrected chi connectivity index (χ4v) is 3.33. The monoisotopic (exact) mass is 282 g/mol. The quantitative estimate of drug-likeness (QED) is 0.808. The first-order chi connectivity index (χ1) is 10.3. The molecule has 2 aromatic carbocycles. The van der Waals surface area contributed by atoms with Gasteiger partial charge in [0.15, 0.2) is 0 Å². The van der Waals surface area contributed by atoms with E-state index in [0.29, 0.717) is 0 Å². The summed E-state index contributed by atoms with van der Waals surface area (Å²) in [6.45, 7) is 0. The molecule has 21 heavy (non-hydrogen) atoms. The number of carbonyl (C=O) groups is 1. The van der Waals surface area contributed by atoms with Crippen LogP contribution >= 0.6 is 0 Å². The molecule has 1 aliphatic carbocycles. The SMILES string of the molecule is COC(=O)C1C(c2ccccc2)C1(OC)c1ccccc1. The lowest BCUT2D eigenvalue weighted by molar-refractivity contribution is -0.144. The van der Waals surface area contributed by atoms with Gasteiger partial charge in [0, 0.05) is 13.0 Å². The highest BCUT2D eigenvalue weighted by Gasteiger charge is 2.71. The van der Waals surface area contributed by atoms with Gasteiger partial charge in [-0.05, 0) is 11.1 Å². The van der Waals surface area contributed by atoms with Gasteiger partial charge in [0.05, 0.1) is 7.11 Å². The second-order valence-corrected chi connectivity index (χ2v) is 5.25. The molecule has 3 rings (SSSR count). The van der Waals surface area contributed by atoms with Gasteiger partial charge in [-0.3, -0.25) is 4.79 Å². The number of carbonyl (C=O) groups excluding carboxylic acids is 1. The Morgan fingerprint density at radius 2 is 1.52 bits per heavy atom. The number of esters is 1. The van der Waals surface area contributed by atoms with Crippen molar-refractivity contribution in [3.63, 3.8) is 0 Å². The van der Waals surface area contributed by atoms with Gasteiger partial charge in [0.1, 0.15) is 11.5 Å². The van der Waals surface area contributed by atoms with Gasteiger partial charge in [-0.2, -0.15) is 0 Å². The molecule has 0 N–H and O–H groups in total. The first kappa shape index (κ1) is 13.8. The number of rotatable bonds is 4. The maximum Gasteiger partial charge on any atom is 0.312 e. The highest BCUT2D eigenvalue weighted by molar-refractivity contribution is 5.81. The third-order valence-electron chi connectivity index (χ3n) is 4.32. The van der Waals surface area contributed by atoms with Crippen LogP contribution in [0.3, 0.4) is 0 Å². The van der Waals surface area contributed by atoms with Crippen molar-refractivity contribution in [3.05, 3.63) is 71.8 Å². The Hall–Kier alpha value is -2.13. The van der Waals surface area contributed by atoms with Gasteiger partial charge in [-0.1, -0.05) is 60.7 Å². The van der Waals surface area contributed by atoms with Crippen LogP contribution in [0.2, 0.25) is 0 Å². The molecule has 2 aromatic rings. The summed E-state index contributed by atoms with van der Waals surface area (Å²) in [4.78, 5) is 12.2. The third kappa shape index (κ3) is 2.05. The first-order valence-corrected chi connectivity index (χ1v) is 6.99. The lowest BCUT2D eigenvalue weighted by Crippen LogP contribution is -2.18. The summed E-state index contributed by atoms with van der Waals surface area (Å²) >= 11 is 0. The highest BCUT2D eigenvalue weighted by Crippen LogP contribution is 2.66. The molecule has 3 heteroatoms. The predicted octanol–water partition coefficient (Wildman–Crippen LogP) is 3.11. The minimum atomic E-state index is -0.629. The van der Waals surface area contributed by atoms with E-state index >= 15 is 0 Å². The molecule has 1 aliphatic rings. The lowest BCUT2D eigenvalue weighted by Gasteiger charge is -2.17. The van der Waals surface area contributed by atoms with Crippen LogP contribution in [-0.2, 0) is 19.9 Å². The predicted molar refractivity (Wildman–Crippen MR) is 79.8 cm³/mol. The maximum atomic E-state index is 12.2. The molecule has 0 radical (unpaired) electrons. The Morgan fingerprint density at radius 3 is 2.05 bits per heavy atom. The largest absolute Gasteiger partial charge is 0.469 e. The van der Waals surface area contributed by atoms with Gasteiger partial charge in [-0.15, -0.1) is 0 Å². The van der Waals surface area contributed by atoms with E-state index in [1.54, 1.807) is 7.11 Å². The number of ether oxygens (including phenoxy) is 2. The van der Waals surface area contributed by atoms with E-state index in [4.69, 9.17) is 9.47 Å². The molecule has 0 aromatic heterocycles. The zero-order valence-electron chi connectivity index (χ0n) is 12.2. The summed E-state index contributed by atoms with van der Waals surface area (Å²) in [5.74, 6) is -0.551. The summed E-state index contributed by atoms with van der Waals surface area (Å²) in [7, 11) is 3.08. The summed E-state index contributed by atoms with van der Waals surface area (Å²) in [5, 5.41) is 0. The Morgan fingerprint density at radius 1 is 0.952 bits per heavy atom. The Kier molecular flexibility index (Phi) is 3.52. The van der Waals surface area contributed by atoms with E-state index in [0.717, 1.165) is 11.1 Å². The summed E-state index contributed by atoms with van der Waals surface area (Å²) in [6.07, 6.45) is 0. The number of hydrogen-bond acceptors (Lipinski definition) is 3. The second-order valence-electron chi connectivity index (χ2n) is 5.25. The lowest BCUT2D eigenvalue weighted by atomic mass is 10.0. The van der Waals surface area contributed by atoms with E-state index in [2.05, 4.69) is 0 Å². The topological polar surface area (TPSA) is 35.5 Å². The fraction of sp³-hybridized carbons (Fsp3) is 0.278. The molecule has 1 saturated carbocycles. The van der Waals surface area contributed by atoms with E-state index in [-0.39, 0.29) is 17.8 Å². The highest BCUT2D eigenvalue weighted by atomic mass is 16.5. The van der Waals surface area contributed by atoms with Crippen molar-refractivity contribution in [2.45, 2.75) is 11.5 Å². The zero-order valence-corrected chi connectivity index (χ0v) is 12.2. The van der Waals surface area contributed by atoms with Crippen molar-refractivity contribution >= 4 is 5.97 Å². The second kappa shape index (κ2) is 5.34. The molecule has 0 saturated heterocycles. The van der Waals surface area contributed by atoms with Crippen LogP contribution in [0.4, 0.5) is 0 Å². The summed E-state index contributed by atoms with van der Waals surface area (Å²) in [6, 6.07) is 19.9. The fourth-order valence-electron chi connectivity index (χ4n) is 3.33. The normalized spacial score (nSPS) is 27.1. The molecule has 108 valence electrons. The van der Waals surface area contributed by atoms with Crippen molar-refractivity contribution in [1.29, 1.82) is 0 Å². The number of benzene rings is 2. The smallest absolute Gasteiger partial charge is 0.312 e. The summed E-state index contributed by atoms with van der Waals surface area (Å²) in [5.41, 5.74) is 1.48. The molecule has 0 bridgehead atoms. The van der Waals surface area contributed by atoms with Crippen LogP contribution in [0.5, 0.6) is 0 Å². The zero-order chi connectivity index (χ0) is 14.9. The molecule has 1 fully saturated rings. The molecule has 3 atom stereocenters. The molecule has 0 amide bonds. The minimum absolute atomic E-state index is 0.0152. The van der Waals surface area contributed by atoms with E-state index < -0.39 is 5.60 Å². The van der Waals surface area contributed by atoms with Crippen LogP contribution in [0, 0.1) is 5.92 Å². The first-order valence-electron chi connectivity index (χ1n) is 6.99. The van der Waals surface area contributed by atoms with Gasteiger partial charge in [-0.25, -0.2) is 0 Å². The van der Waals surface area contributed by atoms with Gasteiger partial charge in [0.25, 0.3) is 0 Å². The third-order valence-corrected chi connectivity index (χ3v) is 4.32. The number of methoxy groups -OCH3 is 2. The van der Waals surface area contributed by atoms with Crippen molar-refractivity contribution in [1.82, 2.24) is 0 Å². The molecular formula is C18H18O3. The Balaban J connectivity index is 2.07. The standard InChI is InChI=1S/C18H18O3/c1-20-17(19)16-15(13-9-5-3-6-10-13)18(16,21-2)14-11-7-4-8-12-14/h3-12,15-16H,1-2H3. The van der Waals surface area contributed by atoms with E-state index in [1.165, 1.54) is 7.11 Å². The molecule has 0 heterocycles. The van der Waals surface area contributed by atoms with Crippen LogP contribution in [0.1, 0.15) is 17.0 Å². The van der Waals surface area contributed by atoms with E-state index in [9.17, 15) is 4.79 Å². The van der Waals surface area contributed by atoms with Crippen molar-refractivity contribution in [2.24, 2.45) is 5.92 Å². The maximum absolute atomic E-state index is 12.2. The molecular weight excluding hydrogens is 264 g/mol. The Bertz CT molecular complexity index is 623.